The molecule has 0 radical (unpaired) electrons. The lowest BCUT2D eigenvalue weighted by molar-refractivity contribution is -0.150. The fraction of sp³-hybridized carbons (Fsp3) is 0.500. The summed E-state index contributed by atoms with van der Waals surface area (Å²) in [6, 6.07) is 25.0. The van der Waals surface area contributed by atoms with Crippen LogP contribution in [0, 0.1) is 0 Å². The lowest BCUT2D eigenvalue weighted by Crippen LogP contribution is -2.63. The van der Waals surface area contributed by atoms with Crippen molar-refractivity contribution >= 4 is 98.1 Å². The summed E-state index contributed by atoms with van der Waals surface area (Å²) in [6.45, 7) is 29.0. The van der Waals surface area contributed by atoms with Gasteiger partial charge in [-0.2, -0.15) is 0 Å². The van der Waals surface area contributed by atoms with Crippen molar-refractivity contribution in [2.24, 2.45) is 0 Å². The third-order valence-corrected chi connectivity index (χ3v) is 20.7. The number of hydrogen-bond donors (Lipinski definition) is 10. The molecule has 28 nitrogen and oxygen atoms in total. The first kappa shape index (κ1) is 91.4. The van der Waals surface area contributed by atoms with Crippen LogP contribution in [0.15, 0.2) is 134 Å². The van der Waals surface area contributed by atoms with Gasteiger partial charge < -0.3 is 81.4 Å². The van der Waals surface area contributed by atoms with Crippen LogP contribution >= 0.6 is 21.6 Å². The Hall–Kier alpha value is -10.2. The second kappa shape index (κ2) is 40.1. The van der Waals surface area contributed by atoms with Gasteiger partial charge in [0.05, 0.1) is 28.9 Å². The van der Waals surface area contributed by atoms with Gasteiger partial charge >= 0.3 is 24.2 Å². The summed E-state index contributed by atoms with van der Waals surface area (Å²) in [6.07, 6.45) is -3.91. The number of benzene rings is 5. The van der Waals surface area contributed by atoms with Gasteiger partial charge in [0.2, 0.25) is 41.4 Å². The molecule has 10 N–H and O–H groups in total. The molecule has 1 fully saturated rings. The quantitative estimate of drug-likeness (QED) is 0.0153. The highest BCUT2D eigenvalue weighted by Crippen LogP contribution is 2.44. The molecule has 0 spiro atoms. The Morgan fingerprint density at radius 2 is 1.11 bits per heavy atom. The first-order valence-electron chi connectivity index (χ1n) is 39.1. The van der Waals surface area contributed by atoms with Gasteiger partial charge in [-0.25, -0.2) is 19.2 Å². The van der Waals surface area contributed by atoms with E-state index in [-0.39, 0.29) is 69.1 Å². The van der Waals surface area contributed by atoms with Gasteiger partial charge in [-0.3, -0.25) is 38.1 Å². The van der Waals surface area contributed by atoms with Gasteiger partial charge in [-0.05, 0) is 194 Å². The summed E-state index contributed by atoms with van der Waals surface area (Å²) < 4.78 is 37.1. The summed E-state index contributed by atoms with van der Waals surface area (Å²) in [5.41, 5.74) is 1.40. The van der Waals surface area contributed by atoms with Crippen LogP contribution in [0.1, 0.15) is 171 Å². The Morgan fingerprint density at radius 1 is 0.552 bits per heavy atom. The average Bonchev–Trinajstić information content (AvgIpc) is 1.62. The average molecular weight is 1640 g/mol. The summed E-state index contributed by atoms with van der Waals surface area (Å²) in [5, 5.41) is 36.1. The van der Waals surface area contributed by atoms with Crippen LogP contribution in [0.5, 0.6) is 5.75 Å². The van der Waals surface area contributed by atoms with E-state index in [4.69, 9.17) is 28.4 Å². The number of nitrogens with one attached hydrogen (secondary N) is 9. The number of fused-ring (bicyclic) bond motifs is 4. The normalized spacial score (nSPS) is 19.4. The maximum atomic E-state index is 15.9. The Labute approximate surface area is 686 Å². The minimum Gasteiger partial charge on any atom is -0.488 e. The molecule has 1 aliphatic heterocycles. The first-order valence-corrected chi connectivity index (χ1v) is 41.5. The number of aromatic nitrogens is 1. The molecule has 628 valence electrons. The van der Waals surface area contributed by atoms with Crippen molar-refractivity contribution in [2.75, 3.05) is 24.7 Å². The van der Waals surface area contributed by atoms with E-state index in [1.54, 1.807) is 162 Å². The van der Waals surface area contributed by atoms with Crippen molar-refractivity contribution < 1.29 is 86.3 Å². The number of carboxylic acids is 1. The van der Waals surface area contributed by atoms with E-state index in [0.29, 0.717) is 33.3 Å². The maximum absolute atomic E-state index is 15.9. The molecule has 10 atom stereocenters. The number of hydrogen-bond acceptors (Lipinski definition) is 19. The zero-order valence-corrected chi connectivity index (χ0v) is 70.9. The number of para-hydroxylation sites is 1. The standard InChI is InChI=1S/C86H114N10O18S2/c1-50(110-82(3,4)5)69-77(103)92-67(76(102)95-70(78(104)105)51(2)111-83(6,7)8)49-116-115-48-66(91-73(99)64(43-52-29-19-18-20-30-52)93-80(107)109-47-61-59-34-23-21-32-57(59)58-33-22-24-35-60(58)61)75(101)89-63(44-53-38-40-55(41-39-53)112-84(9,10)11)72(98)90-65(45-54-46-96(81(108)114-86(15,16)17)68-37-26-25-31-56(54)68)74(100)88-62(71(97)94-69)36-27-28-42-87-79(106)113-85(12,13)14/h18-26,29-35,37-41,46,50-51,61-67,69-70H,27-28,36,42-45,47-49H2,1-17H3,(H,87,106)(H,88,100)(H,89,101)(H,90,98)(H,91,99)(H,92,103)(H,93,107)(H,94,97)(H,95,102)(H,104,105)/t50-,51-,62+,63+,64-,65-,66+,67+,69+,70+/m1/s1. The van der Waals surface area contributed by atoms with Crippen LogP contribution in [0.4, 0.5) is 14.4 Å². The molecule has 1 aliphatic carbocycles. The van der Waals surface area contributed by atoms with E-state index >= 15 is 28.8 Å². The number of carbonyl (C=O) groups is 11. The number of amides is 9. The van der Waals surface area contributed by atoms with Crippen LogP contribution in [0.25, 0.3) is 22.0 Å². The Morgan fingerprint density at radius 3 is 1.72 bits per heavy atom. The molecule has 0 saturated carbocycles. The molecule has 2 aliphatic rings. The third kappa shape index (κ3) is 28.1. The summed E-state index contributed by atoms with van der Waals surface area (Å²) in [7, 11) is 1.87. The van der Waals surface area contributed by atoms with Crippen LogP contribution in [0.3, 0.4) is 0 Å². The van der Waals surface area contributed by atoms with E-state index in [9.17, 15) is 29.1 Å². The topological polar surface area (TPSA) is 377 Å². The number of carbonyl (C=O) groups excluding carboxylic acids is 10. The second-order valence-corrected chi connectivity index (χ2v) is 36.5. The van der Waals surface area contributed by atoms with Crippen molar-refractivity contribution in [3.8, 4) is 16.9 Å². The van der Waals surface area contributed by atoms with E-state index in [0.717, 1.165) is 43.8 Å². The predicted molar refractivity (Wildman–Crippen MR) is 445 cm³/mol. The number of carboxylic acid groups (broad SMARTS) is 1. The fourth-order valence-electron chi connectivity index (χ4n) is 13.4. The highest BCUT2D eigenvalue weighted by Gasteiger charge is 2.41. The van der Waals surface area contributed by atoms with Crippen molar-refractivity contribution in [3.05, 3.63) is 161 Å². The molecule has 9 amide bonds. The zero-order chi connectivity index (χ0) is 85.2. The Bertz CT molecular complexity index is 4400. The second-order valence-electron chi connectivity index (χ2n) is 34.0. The molecule has 8 rings (SSSR count). The molecule has 30 heteroatoms. The number of aliphatic carboxylic acids is 1. The van der Waals surface area contributed by atoms with Gasteiger partial charge in [0.15, 0.2) is 6.04 Å². The summed E-state index contributed by atoms with van der Waals surface area (Å²) in [5.74, 6) is -8.78. The molecular formula is C86H114N10O18S2. The van der Waals surface area contributed by atoms with Crippen molar-refractivity contribution in [3.63, 3.8) is 0 Å². The minimum absolute atomic E-state index is 0.0547. The number of rotatable bonds is 24. The number of ether oxygens (including phenoxy) is 6. The highest BCUT2D eigenvalue weighted by molar-refractivity contribution is 8.76. The number of unbranched alkanes of at least 4 members (excludes halogenated alkanes) is 1. The molecule has 116 heavy (non-hydrogen) atoms. The Balaban J connectivity index is 1.26. The maximum Gasteiger partial charge on any atom is 0.419 e. The molecule has 0 bridgehead atoms. The summed E-state index contributed by atoms with van der Waals surface area (Å²) in [4.78, 5) is 163. The molecule has 0 unspecified atom stereocenters. The van der Waals surface area contributed by atoms with Gasteiger partial charge in [0.1, 0.15) is 71.5 Å². The minimum atomic E-state index is -1.69. The molecule has 5 aromatic carbocycles. The van der Waals surface area contributed by atoms with Crippen LogP contribution in [-0.4, -0.2) is 188 Å². The van der Waals surface area contributed by atoms with E-state index in [1.165, 1.54) is 24.6 Å². The summed E-state index contributed by atoms with van der Waals surface area (Å²) >= 11 is 0. The lowest BCUT2D eigenvalue weighted by atomic mass is 9.98. The molecule has 6 aromatic rings. The van der Waals surface area contributed by atoms with Gasteiger partial charge in [-0.15, -0.1) is 0 Å². The highest BCUT2D eigenvalue weighted by atomic mass is 33.1. The van der Waals surface area contributed by atoms with E-state index < -0.39 is 154 Å². The number of alkyl carbamates (subject to hydrolysis) is 2. The fourth-order valence-corrected chi connectivity index (χ4v) is 15.7. The third-order valence-electron chi connectivity index (χ3n) is 18.3. The van der Waals surface area contributed by atoms with Crippen molar-refractivity contribution in [2.45, 2.75) is 251 Å². The predicted octanol–water partition coefficient (Wildman–Crippen LogP) is 10.5. The van der Waals surface area contributed by atoms with Crippen molar-refractivity contribution in [1.29, 1.82) is 0 Å². The van der Waals surface area contributed by atoms with Crippen LogP contribution in [0.2, 0.25) is 0 Å². The van der Waals surface area contributed by atoms with E-state index in [2.05, 4.69) is 47.9 Å². The van der Waals surface area contributed by atoms with Crippen LogP contribution in [-0.2, 0) is 81.3 Å². The van der Waals surface area contributed by atoms with Gasteiger partial charge in [0, 0.05) is 54.8 Å². The SMILES string of the molecule is C[C@@H](OC(C)(C)C)[C@H](NC(=O)[C@@H]1CSSC[C@H](NC(=O)[C@@H](Cc2ccccc2)NC(=O)OCC2c3ccccc3-c3ccccc32)C(=O)N[C@@H](Cc2ccc(OC(C)(C)C)cc2)C(=O)N[C@H](Cc2cn(C(=O)OC(C)(C)C)c3ccccc23)C(=O)N[C@@H](CCCCNC(=O)OC(C)(C)C)C(=O)N[C@@H]([C@@H](C)OC(C)(C)C)C(=O)N1)C(=O)O. The Kier molecular flexibility index (Phi) is 31.6. The molecule has 1 saturated heterocycles. The first-order chi connectivity index (χ1) is 54.4. The molecular weight excluding hydrogens is 1530 g/mol. The largest absolute Gasteiger partial charge is 0.488 e. The molecule has 1 aromatic heterocycles. The monoisotopic (exact) mass is 1640 g/mol. The van der Waals surface area contributed by atoms with Gasteiger partial charge in [0.25, 0.3) is 0 Å². The zero-order valence-electron chi connectivity index (χ0n) is 69.3. The van der Waals surface area contributed by atoms with E-state index in [1.807, 2.05) is 69.3 Å². The molecule has 2 heterocycles. The smallest absolute Gasteiger partial charge is 0.419 e. The van der Waals surface area contributed by atoms with Crippen molar-refractivity contribution in [1.82, 2.24) is 52.4 Å². The number of nitrogens with zero attached hydrogens (tertiary/aromatic N) is 1. The lowest BCUT2D eigenvalue weighted by Gasteiger charge is -2.33. The van der Waals surface area contributed by atoms with Crippen LogP contribution < -0.4 is 52.6 Å². The van der Waals surface area contributed by atoms with Gasteiger partial charge in [-0.1, -0.05) is 131 Å².